The molecule has 2 N–H and O–H groups in total. The van der Waals surface area contributed by atoms with Crippen LogP contribution in [0.3, 0.4) is 0 Å². The number of alkyl halides is 1. The maximum absolute atomic E-state index is 14.4. The average Bonchev–Trinajstić information content (AvgIpc) is 2.58. The third-order valence-electron chi connectivity index (χ3n) is 2.82. The smallest absolute Gasteiger partial charge is 0.155 e. The van der Waals surface area contributed by atoms with Gasteiger partial charge in [0.1, 0.15) is 0 Å². The second-order valence-electron chi connectivity index (χ2n) is 3.93. The van der Waals surface area contributed by atoms with Gasteiger partial charge >= 0.3 is 0 Å². The first-order chi connectivity index (χ1) is 6.53. The highest BCUT2D eigenvalue weighted by atomic mass is 35.5. The van der Waals surface area contributed by atoms with Crippen LogP contribution in [0.25, 0.3) is 0 Å². The molecule has 0 spiro atoms. The summed E-state index contributed by atoms with van der Waals surface area (Å²) in [5.74, 6) is 0. The lowest BCUT2D eigenvalue weighted by atomic mass is 10.00. The minimum atomic E-state index is -1.39. The van der Waals surface area contributed by atoms with Crippen molar-refractivity contribution in [2.24, 2.45) is 12.8 Å². The predicted molar refractivity (Wildman–Crippen MR) is 52.8 cm³/mol. The lowest BCUT2D eigenvalue weighted by molar-refractivity contribution is 0.159. The molecule has 0 amide bonds. The third-order valence-corrected chi connectivity index (χ3v) is 3.09. The van der Waals surface area contributed by atoms with Crippen molar-refractivity contribution in [1.82, 2.24) is 9.78 Å². The number of nitrogens with zero attached hydrogens (tertiary/aromatic N) is 2. The zero-order valence-corrected chi connectivity index (χ0v) is 8.76. The second kappa shape index (κ2) is 3.21. The summed E-state index contributed by atoms with van der Waals surface area (Å²) in [5, 5.41) is 4.33. The first-order valence-corrected chi connectivity index (χ1v) is 5.03. The van der Waals surface area contributed by atoms with Crippen molar-refractivity contribution < 1.29 is 4.39 Å². The first kappa shape index (κ1) is 9.93. The molecular weight excluding hydrogens is 205 g/mol. The number of aromatic nitrogens is 2. The van der Waals surface area contributed by atoms with Crippen molar-refractivity contribution >= 4 is 11.6 Å². The van der Waals surface area contributed by atoms with Gasteiger partial charge in [-0.25, -0.2) is 4.39 Å². The highest BCUT2D eigenvalue weighted by Gasteiger charge is 2.43. The second-order valence-corrected chi connectivity index (χ2v) is 4.34. The summed E-state index contributed by atoms with van der Waals surface area (Å²) in [7, 11) is 1.70. The van der Waals surface area contributed by atoms with E-state index in [1.165, 1.54) is 10.9 Å². The lowest BCUT2D eigenvalue weighted by Gasteiger charge is -2.20. The Labute approximate surface area is 87.0 Å². The van der Waals surface area contributed by atoms with Crippen LogP contribution in [-0.4, -0.2) is 15.8 Å². The number of aryl methyl sites for hydroxylation is 1. The standard InChI is InChI=1S/C9H13ClFN3/c1-14-8(7(10)5-13-14)9(11)3-2-6(12)4-9/h5-6H,2-4,12H2,1H3. The van der Waals surface area contributed by atoms with Gasteiger partial charge in [0.2, 0.25) is 0 Å². The Bertz CT molecular complexity index is 332. The van der Waals surface area contributed by atoms with E-state index in [1.807, 2.05) is 0 Å². The van der Waals surface area contributed by atoms with Gasteiger partial charge < -0.3 is 5.73 Å². The first-order valence-electron chi connectivity index (χ1n) is 4.65. The number of rotatable bonds is 1. The molecule has 0 aliphatic heterocycles. The van der Waals surface area contributed by atoms with Crippen molar-refractivity contribution in [2.45, 2.75) is 31.0 Å². The van der Waals surface area contributed by atoms with Crippen LogP contribution in [0, 0.1) is 0 Å². The third kappa shape index (κ3) is 1.42. The van der Waals surface area contributed by atoms with E-state index in [0.29, 0.717) is 30.0 Å². The van der Waals surface area contributed by atoms with Gasteiger partial charge in [0, 0.05) is 19.5 Å². The molecule has 1 saturated carbocycles. The fraction of sp³-hybridized carbons (Fsp3) is 0.667. The fourth-order valence-corrected chi connectivity index (χ4v) is 2.50. The summed E-state index contributed by atoms with van der Waals surface area (Å²) in [5.41, 5.74) is 4.78. The van der Waals surface area contributed by atoms with E-state index < -0.39 is 5.67 Å². The van der Waals surface area contributed by atoms with Crippen molar-refractivity contribution in [3.8, 4) is 0 Å². The molecule has 1 aromatic rings. The largest absolute Gasteiger partial charge is 0.328 e. The van der Waals surface area contributed by atoms with Gasteiger partial charge in [-0.1, -0.05) is 11.6 Å². The van der Waals surface area contributed by atoms with Gasteiger partial charge in [-0.2, -0.15) is 5.10 Å². The molecule has 0 saturated heterocycles. The van der Waals surface area contributed by atoms with Crippen LogP contribution in [0.1, 0.15) is 25.0 Å². The van der Waals surface area contributed by atoms with Crippen LogP contribution >= 0.6 is 11.6 Å². The molecule has 1 aliphatic carbocycles. The molecule has 3 nitrogen and oxygen atoms in total. The molecule has 1 fully saturated rings. The van der Waals surface area contributed by atoms with E-state index in [4.69, 9.17) is 17.3 Å². The van der Waals surface area contributed by atoms with Crippen molar-refractivity contribution in [3.63, 3.8) is 0 Å². The molecule has 2 atom stereocenters. The molecule has 2 unspecified atom stereocenters. The van der Waals surface area contributed by atoms with Gasteiger partial charge in [-0.15, -0.1) is 0 Å². The van der Waals surface area contributed by atoms with E-state index >= 15 is 0 Å². The Morgan fingerprint density at radius 3 is 2.93 bits per heavy atom. The molecule has 5 heteroatoms. The van der Waals surface area contributed by atoms with Crippen LogP contribution in [0.5, 0.6) is 0 Å². The number of hydrogen-bond acceptors (Lipinski definition) is 2. The van der Waals surface area contributed by atoms with Crippen LogP contribution in [0.15, 0.2) is 6.20 Å². The van der Waals surface area contributed by atoms with Crippen LogP contribution < -0.4 is 5.73 Å². The highest BCUT2D eigenvalue weighted by Crippen LogP contribution is 2.44. The van der Waals surface area contributed by atoms with Crippen molar-refractivity contribution in [2.75, 3.05) is 0 Å². The Kier molecular flexibility index (Phi) is 2.27. The van der Waals surface area contributed by atoms with Crippen molar-refractivity contribution in [1.29, 1.82) is 0 Å². The van der Waals surface area contributed by atoms with E-state index in [-0.39, 0.29) is 6.04 Å². The van der Waals surface area contributed by atoms with Gasteiger partial charge in [0.15, 0.2) is 5.67 Å². The molecule has 1 aliphatic rings. The van der Waals surface area contributed by atoms with E-state index in [9.17, 15) is 4.39 Å². The molecule has 0 bridgehead atoms. The Hall–Kier alpha value is -0.610. The Morgan fingerprint density at radius 2 is 2.50 bits per heavy atom. The number of halogens is 2. The minimum Gasteiger partial charge on any atom is -0.328 e. The molecule has 14 heavy (non-hydrogen) atoms. The normalized spacial score (nSPS) is 32.4. The molecule has 78 valence electrons. The lowest BCUT2D eigenvalue weighted by Crippen LogP contribution is -2.24. The highest BCUT2D eigenvalue weighted by molar-refractivity contribution is 6.31. The van der Waals surface area contributed by atoms with Gasteiger partial charge in [0.05, 0.1) is 16.9 Å². The summed E-state index contributed by atoms with van der Waals surface area (Å²) in [6.45, 7) is 0. The summed E-state index contributed by atoms with van der Waals surface area (Å²) >= 11 is 5.90. The molecular formula is C9H13ClFN3. The Morgan fingerprint density at radius 1 is 1.79 bits per heavy atom. The molecule has 0 aromatic carbocycles. The van der Waals surface area contributed by atoms with Gasteiger partial charge in [-0.3, -0.25) is 4.68 Å². The van der Waals surface area contributed by atoms with Crippen LogP contribution in [0.2, 0.25) is 5.02 Å². The monoisotopic (exact) mass is 217 g/mol. The molecule has 2 rings (SSSR count). The summed E-state index contributed by atoms with van der Waals surface area (Å²) in [6, 6.07) is -0.0639. The SMILES string of the molecule is Cn1ncc(Cl)c1C1(F)CCC(N)C1. The minimum absolute atomic E-state index is 0.0639. The summed E-state index contributed by atoms with van der Waals surface area (Å²) in [6.07, 6.45) is 2.96. The predicted octanol–water partition coefficient (Wildman–Crippen LogP) is 1.75. The van der Waals surface area contributed by atoms with Gasteiger partial charge in [0.25, 0.3) is 0 Å². The van der Waals surface area contributed by atoms with Crippen LogP contribution in [0.4, 0.5) is 4.39 Å². The van der Waals surface area contributed by atoms with E-state index in [1.54, 1.807) is 7.05 Å². The van der Waals surface area contributed by atoms with E-state index in [2.05, 4.69) is 5.10 Å². The average molecular weight is 218 g/mol. The topological polar surface area (TPSA) is 43.8 Å². The quantitative estimate of drug-likeness (QED) is 0.779. The fourth-order valence-electron chi connectivity index (χ4n) is 2.16. The van der Waals surface area contributed by atoms with Gasteiger partial charge in [-0.05, 0) is 12.8 Å². The van der Waals surface area contributed by atoms with Crippen molar-refractivity contribution in [3.05, 3.63) is 16.9 Å². The molecule has 0 radical (unpaired) electrons. The summed E-state index contributed by atoms with van der Waals surface area (Å²) in [4.78, 5) is 0. The molecule has 1 aromatic heterocycles. The van der Waals surface area contributed by atoms with Crippen LogP contribution in [-0.2, 0) is 12.7 Å². The number of nitrogens with two attached hydrogens (primary N) is 1. The van der Waals surface area contributed by atoms with E-state index in [0.717, 1.165) is 0 Å². The molecule has 1 heterocycles. The Balaban J connectivity index is 2.39. The maximum Gasteiger partial charge on any atom is 0.155 e. The zero-order valence-electron chi connectivity index (χ0n) is 8.00. The maximum atomic E-state index is 14.4. The number of hydrogen-bond donors (Lipinski definition) is 1. The summed E-state index contributed by atoms with van der Waals surface area (Å²) < 4.78 is 15.9. The zero-order chi connectivity index (χ0) is 10.3.